The van der Waals surface area contributed by atoms with E-state index in [0.29, 0.717) is 11.3 Å². The van der Waals surface area contributed by atoms with E-state index in [1.807, 2.05) is 42.5 Å². The monoisotopic (exact) mass is 210 g/mol. The average Bonchev–Trinajstić information content (AvgIpc) is 2.39. The maximum absolute atomic E-state index is 9.04. The first-order chi connectivity index (χ1) is 7.85. The lowest BCUT2D eigenvalue weighted by atomic mass is 10.0. The van der Waals surface area contributed by atoms with Crippen molar-refractivity contribution in [2.45, 2.75) is 0 Å². The molecule has 0 spiro atoms. The summed E-state index contributed by atoms with van der Waals surface area (Å²) in [5.41, 5.74) is 5.01. The van der Waals surface area contributed by atoms with Crippen LogP contribution < -0.4 is 5.48 Å². The van der Waals surface area contributed by atoms with Crippen LogP contribution in [-0.4, -0.2) is 5.21 Å². The quantitative estimate of drug-likeness (QED) is 0.749. The van der Waals surface area contributed by atoms with Crippen molar-refractivity contribution in [1.82, 2.24) is 0 Å². The van der Waals surface area contributed by atoms with Gasteiger partial charge in [-0.1, -0.05) is 36.4 Å². The second kappa shape index (κ2) is 4.47. The van der Waals surface area contributed by atoms with Crippen LogP contribution in [0.4, 0.5) is 5.69 Å². The third kappa shape index (κ3) is 1.88. The Bertz CT molecular complexity index is 529. The van der Waals surface area contributed by atoms with E-state index in [4.69, 9.17) is 10.5 Å². The number of hydrogen-bond donors (Lipinski definition) is 2. The number of anilines is 1. The summed E-state index contributed by atoms with van der Waals surface area (Å²) in [6.07, 6.45) is 0. The van der Waals surface area contributed by atoms with Gasteiger partial charge in [0.1, 0.15) is 0 Å². The molecule has 0 aliphatic carbocycles. The molecule has 2 N–H and O–H groups in total. The fraction of sp³-hybridized carbons (Fsp3) is 0. The summed E-state index contributed by atoms with van der Waals surface area (Å²) in [5.74, 6) is 0. The van der Waals surface area contributed by atoms with Crippen LogP contribution in [0, 0.1) is 11.3 Å². The normalized spacial score (nSPS) is 9.50. The topological polar surface area (TPSA) is 56.0 Å². The molecule has 2 aromatic rings. The highest BCUT2D eigenvalue weighted by atomic mass is 16.5. The molecule has 0 radical (unpaired) electrons. The molecule has 3 nitrogen and oxygen atoms in total. The largest absolute Gasteiger partial charge is 0.291 e. The molecule has 0 aromatic heterocycles. The molecule has 0 aliphatic rings. The number of nitrogens with one attached hydrogen (secondary N) is 1. The average molecular weight is 210 g/mol. The van der Waals surface area contributed by atoms with E-state index in [1.54, 1.807) is 12.1 Å². The van der Waals surface area contributed by atoms with Crippen LogP contribution >= 0.6 is 0 Å². The first kappa shape index (κ1) is 10.2. The zero-order chi connectivity index (χ0) is 11.4. The minimum Gasteiger partial charge on any atom is -0.291 e. The number of nitrogens with zero attached hydrogens (tertiary/aromatic N) is 1. The van der Waals surface area contributed by atoms with Crippen LogP contribution in [0.1, 0.15) is 5.56 Å². The molecule has 0 heterocycles. The van der Waals surface area contributed by atoms with Crippen molar-refractivity contribution in [1.29, 1.82) is 5.26 Å². The van der Waals surface area contributed by atoms with Gasteiger partial charge in [0, 0.05) is 5.56 Å². The van der Waals surface area contributed by atoms with Gasteiger partial charge in [0.05, 0.1) is 17.3 Å². The molecule has 3 heteroatoms. The van der Waals surface area contributed by atoms with Crippen LogP contribution in [-0.2, 0) is 0 Å². The van der Waals surface area contributed by atoms with Crippen LogP contribution in [0.3, 0.4) is 0 Å². The third-order valence-electron chi connectivity index (χ3n) is 2.35. The molecule has 0 saturated heterocycles. The van der Waals surface area contributed by atoms with Crippen LogP contribution in [0.15, 0.2) is 48.5 Å². The van der Waals surface area contributed by atoms with Crippen molar-refractivity contribution in [2.75, 3.05) is 5.48 Å². The Morgan fingerprint density at radius 2 is 1.81 bits per heavy atom. The second-order valence-corrected chi connectivity index (χ2v) is 3.35. The minimum atomic E-state index is 0.510. The zero-order valence-electron chi connectivity index (χ0n) is 8.51. The van der Waals surface area contributed by atoms with Gasteiger partial charge in [-0.25, -0.2) is 0 Å². The third-order valence-corrected chi connectivity index (χ3v) is 2.35. The van der Waals surface area contributed by atoms with E-state index in [0.717, 1.165) is 11.1 Å². The van der Waals surface area contributed by atoms with Crippen LogP contribution in [0.5, 0.6) is 0 Å². The van der Waals surface area contributed by atoms with E-state index >= 15 is 0 Å². The van der Waals surface area contributed by atoms with E-state index < -0.39 is 0 Å². The molecular weight excluding hydrogens is 200 g/mol. The van der Waals surface area contributed by atoms with E-state index in [-0.39, 0.29) is 0 Å². The summed E-state index contributed by atoms with van der Waals surface area (Å²) < 4.78 is 0. The molecule has 0 fully saturated rings. The van der Waals surface area contributed by atoms with Gasteiger partial charge in [0.25, 0.3) is 0 Å². The van der Waals surface area contributed by atoms with Gasteiger partial charge in [-0.15, -0.1) is 0 Å². The lowest BCUT2D eigenvalue weighted by Crippen LogP contribution is -1.93. The maximum Gasteiger partial charge on any atom is 0.0992 e. The predicted molar refractivity (Wildman–Crippen MR) is 62.0 cm³/mol. The molecule has 0 unspecified atom stereocenters. The summed E-state index contributed by atoms with van der Waals surface area (Å²) in [4.78, 5) is 0. The Morgan fingerprint density at radius 3 is 2.44 bits per heavy atom. The van der Waals surface area contributed by atoms with Crippen molar-refractivity contribution >= 4 is 5.69 Å². The number of benzene rings is 2. The zero-order valence-corrected chi connectivity index (χ0v) is 8.51. The van der Waals surface area contributed by atoms with Gasteiger partial charge in [-0.05, 0) is 17.7 Å². The van der Waals surface area contributed by atoms with Crippen molar-refractivity contribution in [2.24, 2.45) is 0 Å². The van der Waals surface area contributed by atoms with Gasteiger partial charge in [0.2, 0.25) is 0 Å². The summed E-state index contributed by atoms with van der Waals surface area (Å²) in [7, 11) is 0. The number of hydrogen-bond acceptors (Lipinski definition) is 3. The van der Waals surface area contributed by atoms with Gasteiger partial charge in [0.15, 0.2) is 0 Å². The molecule has 0 aliphatic heterocycles. The Hall–Kier alpha value is -2.31. The summed E-state index contributed by atoms with van der Waals surface area (Å²) in [6.45, 7) is 0. The molecule has 16 heavy (non-hydrogen) atoms. The van der Waals surface area contributed by atoms with E-state index in [9.17, 15) is 0 Å². The smallest absolute Gasteiger partial charge is 0.0992 e. The van der Waals surface area contributed by atoms with Gasteiger partial charge in [-0.3, -0.25) is 10.7 Å². The predicted octanol–water partition coefficient (Wildman–Crippen LogP) is 3.03. The van der Waals surface area contributed by atoms with Gasteiger partial charge >= 0.3 is 0 Å². The number of rotatable bonds is 2. The Balaban J connectivity index is 2.54. The fourth-order valence-electron chi connectivity index (χ4n) is 1.58. The van der Waals surface area contributed by atoms with Crippen molar-refractivity contribution < 1.29 is 5.21 Å². The lowest BCUT2D eigenvalue weighted by molar-refractivity contribution is 0.389. The summed E-state index contributed by atoms with van der Waals surface area (Å²) >= 11 is 0. The first-order valence-electron chi connectivity index (χ1n) is 4.85. The van der Waals surface area contributed by atoms with Crippen molar-refractivity contribution in [3.8, 4) is 17.2 Å². The van der Waals surface area contributed by atoms with Crippen molar-refractivity contribution in [3.63, 3.8) is 0 Å². The molecular formula is C13H10N2O. The van der Waals surface area contributed by atoms with Crippen LogP contribution in [0.25, 0.3) is 11.1 Å². The highest BCUT2D eigenvalue weighted by Crippen LogP contribution is 2.28. The Labute approximate surface area is 93.5 Å². The lowest BCUT2D eigenvalue weighted by Gasteiger charge is -2.08. The second-order valence-electron chi connectivity index (χ2n) is 3.35. The molecule has 2 rings (SSSR count). The SMILES string of the molecule is N#Cc1ccc(-c2ccccc2)c(NO)c1. The van der Waals surface area contributed by atoms with Crippen molar-refractivity contribution in [3.05, 3.63) is 54.1 Å². The Kier molecular flexibility index (Phi) is 2.86. The Morgan fingerprint density at radius 1 is 1.06 bits per heavy atom. The highest BCUT2D eigenvalue weighted by molar-refractivity contribution is 5.78. The van der Waals surface area contributed by atoms with Gasteiger partial charge < -0.3 is 0 Å². The van der Waals surface area contributed by atoms with E-state index in [2.05, 4.69) is 5.48 Å². The maximum atomic E-state index is 9.04. The first-order valence-corrected chi connectivity index (χ1v) is 4.85. The molecule has 0 atom stereocenters. The highest BCUT2D eigenvalue weighted by Gasteiger charge is 2.04. The van der Waals surface area contributed by atoms with Crippen LogP contribution in [0.2, 0.25) is 0 Å². The fourth-order valence-corrected chi connectivity index (χ4v) is 1.58. The summed E-state index contributed by atoms with van der Waals surface area (Å²) in [5, 5.41) is 17.8. The molecule has 0 amide bonds. The standard InChI is InChI=1S/C13H10N2O/c14-9-10-6-7-12(13(8-10)15-16)11-4-2-1-3-5-11/h1-8,15-16H. The van der Waals surface area contributed by atoms with Gasteiger partial charge in [-0.2, -0.15) is 5.26 Å². The number of nitriles is 1. The van der Waals surface area contributed by atoms with E-state index in [1.165, 1.54) is 0 Å². The molecule has 78 valence electrons. The summed E-state index contributed by atoms with van der Waals surface area (Å²) in [6, 6.07) is 16.9. The minimum absolute atomic E-state index is 0.510. The molecule has 2 aromatic carbocycles. The molecule has 0 bridgehead atoms. The molecule has 0 saturated carbocycles.